The topological polar surface area (TPSA) is 105 Å². The maximum Gasteiger partial charge on any atom is 0.253 e. The van der Waals surface area contributed by atoms with Crippen molar-refractivity contribution in [3.8, 4) is 0 Å². The molecule has 1 aliphatic rings. The van der Waals surface area contributed by atoms with E-state index < -0.39 is 9.84 Å². The fourth-order valence-electron chi connectivity index (χ4n) is 3.08. The fraction of sp³-hybridized carbons (Fsp3) is 0.238. The third kappa shape index (κ3) is 5.39. The highest BCUT2D eigenvalue weighted by molar-refractivity contribution is 7.95. The van der Waals surface area contributed by atoms with Crippen LogP contribution in [0.25, 0.3) is 0 Å². The summed E-state index contributed by atoms with van der Waals surface area (Å²) in [6, 6.07) is 10.7. The number of nitrogens with zero attached hydrogens (tertiary/aromatic N) is 2. The van der Waals surface area contributed by atoms with E-state index in [1.54, 1.807) is 24.3 Å². The summed E-state index contributed by atoms with van der Waals surface area (Å²) >= 11 is 12.1. The van der Waals surface area contributed by atoms with Crippen molar-refractivity contribution in [2.24, 2.45) is 16.8 Å². The predicted molar refractivity (Wildman–Crippen MR) is 123 cm³/mol. The molecule has 0 aromatic heterocycles. The second kappa shape index (κ2) is 9.30. The molecule has 2 aromatic rings. The van der Waals surface area contributed by atoms with Gasteiger partial charge in [0, 0.05) is 18.8 Å². The van der Waals surface area contributed by atoms with Crippen LogP contribution in [0.4, 0.5) is 0 Å². The number of nitrogens with two attached hydrogens (primary N) is 1. The van der Waals surface area contributed by atoms with Crippen LogP contribution in [-0.4, -0.2) is 33.1 Å². The molecule has 0 aliphatic heterocycles. The van der Waals surface area contributed by atoms with Gasteiger partial charge in [-0.1, -0.05) is 35.3 Å². The normalized spacial score (nSPS) is 15.3. The predicted octanol–water partition coefficient (Wildman–Crippen LogP) is 3.95. The van der Waals surface area contributed by atoms with E-state index in [0.29, 0.717) is 10.6 Å². The smallest absolute Gasteiger partial charge is 0.253 e. The molecule has 1 atom stereocenters. The summed E-state index contributed by atoms with van der Waals surface area (Å²) in [5.74, 6) is -0.0443. The maximum absolute atomic E-state index is 12.8. The molecule has 0 saturated heterocycles. The number of sulfone groups is 1. The van der Waals surface area contributed by atoms with Gasteiger partial charge < -0.3 is 11.1 Å². The fourth-order valence-corrected chi connectivity index (χ4v) is 4.63. The lowest BCUT2D eigenvalue weighted by Gasteiger charge is -2.20. The van der Waals surface area contributed by atoms with Crippen LogP contribution in [0, 0.1) is 5.92 Å². The number of hydrogen-bond acceptors (Lipinski definition) is 6. The molecule has 1 aliphatic carbocycles. The number of hydrazone groups is 1. The third-order valence-corrected chi connectivity index (χ3v) is 7.12. The lowest BCUT2D eigenvalue weighted by atomic mass is 10.0. The number of rotatable bonds is 8. The first kappa shape index (κ1) is 23.1. The number of amides is 1. The van der Waals surface area contributed by atoms with Crippen LogP contribution < -0.4 is 11.1 Å². The standard InChI is InChI=1S/C21H22Cl2N4O3S/c1-25-27(2)12-19(24)31(29,30)16-8-5-14(6-9-16)20(13-3-4-13)26-21(28)17-10-7-15(22)11-18(17)23/h5-13,20H,1,3-4,24H2,2H3,(H,26,28)/b19-12+. The van der Waals surface area contributed by atoms with Crippen LogP contribution in [0.15, 0.2) is 63.7 Å². The molecule has 164 valence electrons. The second-order valence-corrected chi connectivity index (χ2v) is 10.0. The van der Waals surface area contributed by atoms with Gasteiger partial charge in [0.05, 0.1) is 27.7 Å². The van der Waals surface area contributed by atoms with Gasteiger partial charge in [-0.25, -0.2) is 8.42 Å². The van der Waals surface area contributed by atoms with Gasteiger partial charge in [-0.3, -0.25) is 9.80 Å². The summed E-state index contributed by atoms with van der Waals surface area (Å²) in [6.45, 7) is 3.31. The van der Waals surface area contributed by atoms with Crippen LogP contribution in [0.1, 0.15) is 34.8 Å². The first-order chi connectivity index (χ1) is 14.6. The molecule has 31 heavy (non-hydrogen) atoms. The van der Waals surface area contributed by atoms with Crippen molar-refractivity contribution in [2.45, 2.75) is 23.8 Å². The van der Waals surface area contributed by atoms with Gasteiger partial charge >= 0.3 is 0 Å². The summed E-state index contributed by atoms with van der Waals surface area (Å²) in [5.41, 5.74) is 6.86. The summed E-state index contributed by atoms with van der Waals surface area (Å²) in [5, 5.41) is 8.15. The summed E-state index contributed by atoms with van der Waals surface area (Å²) in [4.78, 5) is 12.8. The van der Waals surface area contributed by atoms with Crippen molar-refractivity contribution in [2.75, 3.05) is 7.05 Å². The maximum atomic E-state index is 12.8. The quantitative estimate of drug-likeness (QED) is 0.439. The Morgan fingerprint density at radius 3 is 2.45 bits per heavy atom. The second-order valence-electron chi connectivity index (χ2n) is 7.23. The van der Waals surface area contributed by atoms with Gasteiger partial charge in [0.1, 0.15) is 5.03 Å². The number of carbonyl (C=O) groups excluding carboxylic acids is 1. The van der Waals surface area contributed by atoms with Crippen LogP contribution >= 0.6 is 23.2 Å². The van der Waals surface area contributed by atoms with E-state index in [1.165, 1.54) is 36.5 Å². The van der Waals surface area contributed by atoms with Crippen molar-refractivity contribution in [3.05, 3.63) is 74.9 Å². The molecule has 1 amide bonds. The highest BCUT2D eigenvalue weighted by atomic mass is 35.5. The van der Waals surface area contributed by atoms with Crippen molar-refractivity contribution in [1.82, 2.24) is 10.3 Å². The van der Waals surface area contributed by atoms with Crippen molar-refractivity contribution in [3.63, 3.8) is 0 Å². The van der Waals surface area contributed by atoms with Crippen molar-refractivity contribution in [1.29, 1.82) is 0 Å². The Balaban J connectivity index is 1.83. The van der Waals surface area contributed by atoms with Gasteiger partial charge in [-0.15, -0.1) is 0 Å². The van der Waals surface area contributed by atoms with E-state index >= 15 is 0 Å². The van der Waals surface area contributed by atoms with E-state index in [0.717, 1.165) is 18.4 Å². The summed E-state index contributed by atoms with van der Waals surface area (Å²) < 4.78 is 25.3. The molecule has 1 unspecified atom stereocenters. The summed E-state index contributed by atoms with van der Waals surface area (Å²) in [7, 11) is -2.35. The Bertz CT molecular complexity index is 1130. The monoisotopic (exact) mass is 480 g/mol. The molecule has 0 radical (unpaired) electrons. The van der Waals surface area contributed by atoms with Crippen molar-refractivity contribution < 1.29 is 13.2 Å². The molecule has 10 heteroatoms. The van der Waals surface area contributed by atoms with Crippen LogP contribution in [0.3, 0.4) is 0 Å². The van der Waals surface area contributed by atoms with E-state index in [-0.39, 0.29) is 32.8 Å². The summed E-state index contributed by atoms with van der Waals surface area (Å²) in [6.07, 6.45) is 3.12. The van der Waals surface area contributed by atoms with Gasteiger partial charge in [0.15, 0.2) is 0 Å². The molecule has 7 nitrogen and oxygen atoms in total. The molecule has 0 heterocycles. The Hall–Kier alpha value is -2.55. The van der Waals surface area contributed by atoms with Crippen molar-refractivity contribution >= 4 is 45.7 Å². The minimum atomic E-state index is -3.87. The minimum Gasteiger partial charge on any atom is -0.388 e. The molecular formula is C21H22Cl2N4O3S. The lowest BCUT2D eigenvalue weighted by Crippen LogP contribution is -2.30. The Labute approximate surface area is 191 Å². The average molecular weight is 481 g/mol. The number of halogens is 2. The van der Waals surface area contributed by atoms with E-state index in [9.17, 15) is 13.2 Å². The number of benzene rings is 2. The average Bonchev–Trinajstić information content (AvgIpc) is 3.57. The molecule has 3 N–H and O–H groups in total. The molecule has 3 rings (SSSR count). The first-order valence-corrected chi connectivity index (χ1v) is 11.6. The highest BCUT2D eigenvalue weighted by Crippen LogP contribution is 2.41. The number of nitrogens with one attached hydrogen (secondary N) is 1. The molecular weight excluding hydrogens is 459 g/mol. The molecule has 0 bridgehead atoms. The van der Waals surface area contributed by atoms with Gasteiger partial charge in [0.25, 0.3) is 5.91 Å². The van der Waals surface area contributed by atoms with Gasteiger partial charge in [-0.2, -0.15) is 5.10 Å². The van der Waals surface area contributed by atoms with E-state index in [1.807, 2.05) is 0 Å². The van der Waals surface area contributed by atoms with E-state index in [2.05, 4.69) is 17.1 Å². The Kier molecular flexibility index (Phi) is 6.93. The molecule has 0 spiro atoms. The van der Waals surface area contributed by atoms with Gasteiger partial charge in [-0.05, 0) is 54.7 Å². The molecule has 1 fully saturated rings. The number of carbonyl (C=O) groups is 1. The molecule has 2 aromatic carbocycles. The van der Waals surface area contributed by atoms with Crippen LogP contribution in [0.5, 0.6) is 0 Å². The lowest BCUT2D eigenvalue weighted by molar-refractivity contribution is 0.0932. The Morgan fingerprint density at radius 1 is 1.26 bits per heavy atom. The van der Waals surface area contributed by atoms with Gasteiger partial charge in [0.2, 0.25) is 9.84 Å². The third-order valence-electron chi connectivity index (χ3n) is 4.95. The van der Waals surface area contributed by atoms with Crippen LogP contribution in [-0.2, 0) is 9.84 Å². The SMILES string of the molecule is C=NN(C)/C=C(\N)S(=O)(=O)c1ccc(C(NC(=O)c2ccc(Cl)cc2Cl)C2CC2)cc1. The van der Waals surface area contributed by atoms with E-state index in [4.69, 9.17) is 28.9 Å². The highest BCUT2D eigenvalue weighted by Gasteiger charge is 2.34. The zero-order valence-electron chi connectivity index (χ0n) is 16.8. The zero-order valence-corrected chi connectivity index (χ0v) is 19.1. The molecule has 1 saturated carbocycles. The number of hydrogen-bond donors (Lipinski definition) is 2. The largest absolute Gasteiger partial charge is 0.388 e. The first-order valence-electron chi connectivity index (χ1n) is 9.41. The Morgan fingerprint density at radius 2 is 1.90 bits per heavy atom. The van der Waals surface area contributed by atoms with Crippen LogP contribution in [0.2, 0.25) is 10.0 Å². The zero-order chi connectivity index (χ0) is 22.8. The minimum absolute atomic E-state index is 0.0454.